The highest BCUT2D eigenvalue weighted by molar-refractivity contribution is 7.98. The maximum Gasteiger partial charge on any atom is 0.0897 e. The van der Waals surface area contributed by atoms with Gasteiger partial charge in [0.05, 0.1) is 10.7 Å². The summed E-state index contributed by atoms with van der Waals surface area (Å²) >= 11 is 3.59. The van der Waals surface area contributed by atoms with Gasteiger partial charge in [-0.25, -0.2) is 4.98 Å². The van der Waals surface area contributed by atoms with Crippen molar-refractivity contribution in [1.82, 2.24) is 4.98 Å². The molecule has 3 heteroatoms. The molecule has 0 aliphatic heterocycles. The van der Waals surface area contributed by atoms with Crippen molar-refractivity contribution < 1.29 is 0 Å². The number of nitrogens with zero attached hydrogens (tertiary/aromatic N) is 1. The zero-order valence-corrected chi connectivity index (χ0v) is 11.4. The molecule has 0 bridgehead atoms. The molecular formula is C13H15NS2. The van der Waals surface area contributed by atoms with E-state index in [9.17, 15) is 0 Å². The zero-order chi connectivity index (χ0) is 11.5. The first-order chi connectivity index (χ1) is 7.65. The Morgan fingerprint density at radius 3 is 2.69 bits per heavy atom. The summed E-state index contributed by atoms with van der Waals surface area (Å²) in [5.41, 5.74) is 3.87. The van der Waals surface area contributed by atoms with Crippen LogP contribution in [0, 0.1) is 20.8 Å². The van der Waals surface area contributed by atoms with E-state index in [1.807, 2.05) is 11.8 Å². The minimum absolute atomic E-state index is 0.967. The smallest absolute Gasteiger partial charge is 0.0897 e. The fourth-order valence-corrected chi connectivity index (χ4v) is 3.21. The van der Waals surface area contributed by atoms with Crippen molar-refractivity contribution in [2.75, 3.05) is 0 Å². The second kappa shape index (κ2) is 5.02. The van der Waals surface area contributed by atoms with Crippen LogP contribution >= 0.6 is 23.1 Å². The lowest BCUT2D eigenvalue weighted by atomic mass is 10.2. The van der Waals surface area contributed by atoms with E-state index in [1.54, 1.807) is 11.3 Å². The van der Waals surface area contributed by atoms with Crippen LogP contribution < -0.4 is 0 Å². The lowest BCUT2D eigenvalue weighted by Crippen LogP contribution is -1.84. The predicted octanol–water partition coefficient (Wildman–Crippen LogP) is 4.36. The lowest BCUT2D eigenvalue weighted by Gasteiger charge is -2.05. The second-order valence-electron chi connectivity index (χ2n) is 3.92. The zero-order valence-electron chi connectivity index (χ0n) is 9.78. The number of rotatable bonds is 3. The third-order valence-electron chi connectivity index (χ3n) is 2.37. The largest absolute Gasteiger partial charge is 0.246 e. The van der Waals surface area contributed by atoms with Gasteiger partial charge in [-0.2, -0.15) is 0 Å². The number of benzene rings is 1. The summed E-state index contributed by atoms with van der Waals surface area (Å²) in [4.78, 5) is 5.83. The summed E-state index contributed by atoms with van der Waals surface area (Å²) in [5, 5.41) is 3.29. The first kappa shape index (κ1) is 11.7. The SMILES string of the molecule is Cc1ccc(SCc2csc(C)n2)c(C)c1. The molecule has 84 valence electrons. The Kier molecular flexibility index (Phi) is 3.66. The molecule has 0 saturated carbocycles. The molecule has 2 rings (SSSR count). The van der Waals surface area contributed by atoms with Crippen molar-refractivity contribution in [2.24, 2.45) is 0 Å². The van der Waals surface area contributed by atoms with Crippen molar-refractivity contribution in [3.63, 3.8) is 0 Å². The number of hydrogen-bond donors (Lipinski definition) is 0. The van der Waals surface area contributed by atoms with Gasteiger partial charge in [0.2, 0.25) is 0 Å². The number of aryl methyl sites for hydroxylation is 3. The summed E-state index contributed by atoms with van der Waals surface area (Å²) in [5.74, 6) is 0.967. The van der Waals surface area contributed by atoms with Crippen LogP contribution in [0.1, 0.15) is 21.8 Å². The first-order valence-electron chi connectivity index (χ1n) is 5.26. The van der Waals surface area contributed by atoms with E-state index in [2.05, 4.69) is 49.3 Å². The topological polar surface area (TPSA) is 12.9 Å². The molecule has 0 aliphatic rings. The summed E-state index contributed by atoms with van der Waals surface area (Å²) in [6, 6.07) is 6.60. The highest BCUT2D eigenvalue weighted by Crippen LogP contribution is 2.26. The number of aromatic nitrogens is 1. The molecule has 0 unspecified atom stereocenters. The Balaban J connectivity index is 2.04. The standard InChI is InChI=1S/C13H15NS2/c1-9-4-5-13(10(2)6-9)16-8-12-7-15-11(3)14-12/h4-7H,8H2,1-3H3. The van der Waals surface area contributed by atoms with Crippen LogP contribution in [0.2, 0.25) is 0 Å². The van der Waals surface area contributed by atoms with Gasteiger partial charge in [-0.1, -0.05) is 17.7 Å². The Bertz CT molecular complexity index is 488. The van der Waals surface area contributed by atoms with Crippen LogP contribution in [0.4, 0.5) is 0 Å². The van der Waals surface area contributed by atoms with Crippen LogP contribution in [0.15, 0.2) is 28.5 Å². The number of thioether (sulfide) groups is 1. The van der Waals surface area contributed by atoms with Crippen molar-refractivity contribution in [3.05, 3.63) is 45.4 Å². The van der Waals surface area contributed by atoms with E-state index in [0.29, 0.717) is 0 Å². The fourth-order valence-electron chi connectivity index (χ4n) is 1.59. The molecule has 0 atom stereocenters. The molecule has 1 heterocycles. The Labute approximate surface area is 105 Å². The molecule has 1 nitrogen and oxygen atoms in total. The maximum atomic E-state index is 4.47. The van der Waals surface area contributed by atoms with Gasteiger partial charge in [-0.3, -0.25) is 0 Å². The molecule has 0 N–H and O–H groups in total. The molecule has 2 aromatic rings. The van der Waals surface area contributed by atoms with E-state index in [0.717, 1.165) is 10.8 Å². The van der Waals surface area contributed by atoms with Crippen LogP contribution in [-0.4, -0.2) is 4.98 Å². The predicted molar refractivity (Wildman–Crippen MR) is 72.3 cm³/mol. The second-order valence-corrected chi connectivity index (χ2v) is 5.99. The molecule has 1 aromatic heterocycles. The fraction of sp³-hybridized carbons (Fsp3) is 0.308. The van der Waals surface area contributed by atoms with Crippen molar-refractivity contribution in [1.29, 1.82) is 0 Å². The summed E-state index contributed by atoms with van der Waals surface area (Å²) in [7, 11) is 0. The molecule has 0 amide bonds. The van der Waals surface area contributed by atoms with E-state index in [-0.39, 0.29) is 0 Å². The molecule has 1 aromatic carbocycles. The van der Waals surface area contributed by atoms with Gasteiger partial charge in [0, 0.05) is 16.0 Å². The van der Waals surface area contributed by atoms with E-state index < -0.39 is 0 Å². The van der Waals surface area contributed by atoms with Crippen LogP contribution in [0.3, 0.4) is 0 Å². The molecular weight excluding hydrogens is 234 g/mol. The van der Waals surface area contributed by atoms with E-state index in [1.165, 1.54) is 21.7 Å². The van der Waals surface area contributed by atoms with Gasteiger partial charge in [-0.05, 0) is 32.4 Å². The molecule has 0 saturated heterocycles. The van der Waals surface area contributed by atoms with Crippen molar-refractivity contribution in [3.8, 4) is 0 Å². The van der Waals surface area contributed by atoms with Crippen LogP contribution in [0.5, 0.6) is 0 Å². The third kappa shape index (κ3) is 2.86. The molecule has 0 radical (unpaired) electrons. The monoisotopic (exact) mass is 249 g/mol. The summed E-state index contributed by atoms with van der Waals surface area (Å²) in [6.07, 6.45) is 0. The highest BCUT2D eigenvalue weighted by Gasteiger charge is 2.02. The number of hydrogen-bond acceptors (Lipinski definition) is 3. The quantitative estimate of drug-likeness (QED) is 0.750. The van der Waals surface area contributed by atoms with Crippen LogP contribution in [0.25, 0.3) is 0 Å². The number of thiazole rings is 1. The summed E-state index contributed by atoms with van der Waals surface area (Å²) in [6.45, 7) is 6.35. The average molecular weight is 249 g/mol. The normalized spacial score (nSPS) is 10.7. The Morgan fingerprint density at radius 2 is 2.06 bits per heavy atom. The van der Waals surface area contributed by atoms with E-state index in [4.69, 9.17) is 0 Å². The summed E-state index contributed by atoms with van der Waals surface area (Å²) < 4.78 is 0. The van der Waals surface area contributed by atoms with Crippen molar-refractivity contribution >= 4 is 23.1 Å². The van der Waals surface area contributed by atoms with Gasteiger partial charge in [0.1, 0.15) is 0 Å². The minimum atomic E-state index is 0.967. The van der Waals surface area contributed by atoms with Gasteiger partial charge >= 0.3 is 0 Å². The highest BCUT2D eigenvalue weighted by atomic mass is 32.2. The van der Waals surface area contributed by atoms with Crippen LogP contribution in [-0.2, 0) is 5.75 Å². The van der Waals surface area contributed by atoms with Gasteiger partial charge < -0.3 is 0 Å². The Morgan fingerprint density at radius 1 is 1.25 bits per heavy atom. The molecule has 0 fully saturated rings. The first-order valence-corrected chi connectivity index (χ1v) is 7.13. The van der Waals surface area contributed by atoms with Gasteiger partial charge in [-0.15, -0.1) is 23.1 Å². The lowest BCUT2D eigenvalue weighted by molar-refractivity contribution is 1.17. The molecule has 16 heavy (non-hydrogen) atoms. The minimum Gasteiger partial charge on any atom is -0.246 e. The average Bonchev–Trinajstić information content (AvgIpc) is 2.63. The molecule has 0 spiro atoms. The molecule has 0 aliphatic carbocycles. The van der Waals surface area contributed by atoms with Gasteiger partial charge in [0.15, 0.2) is 0 Å². The third-order valence-corrected chi connectivity index (χ3v) is 4.40. The van der Waals surface area contributed by atoms with Crippen molar-refractivity contribution in [2.45, 2.75) is 31.4 Å². The van der Waals surface area contributed by atoms with E-state index >= 15 is 0 Å². The van der Waals surface area contributed by atoms with Gasteiger partial charge in [0.25, 0.3) is 0 Å². The Hall–Kier alpha value is -0.800. The maximum absolute atomic E-state index is 4.47.